The van der Waals surface area contributed by atoms with Crippen LogP contribution in [-0.2, 0) is 6.54 Å². The Balaban J connectivity index is 1.65. The smallest absolute Gasteiger partial charge is 0.281 e. The van der Waals surface area contributed by atoms with Gasteiger partial charge >= 0.3 is 0 Å². The molecule has 0 aliphatic rings. The van der Waals surface area contributed by atoms with E-state index in [0.717, 1.165) is 11.0 Å². The summed E-state index contributed by atoms with van der Waals surface area (Å²) >= 11 is 3.24. The Hall–Kier alpha value is -3.70. The number of fused-ring (bicyclic) bond motifs is 1. The molecule has 4 aromatic rings. The number of hydrogen-bond donors (Lipinski definition) is 0. The van der Waals surface area contributed by atoms with Gasteiger partial charge in [0.2, 0.25) is 0 Å². The molecule has 142 valence electrons. The summed E-state index contributed by atoms with van der Waals surface area (Å²) in [5, 5.41) is 20.9. The van der Waals surface area contributed by atoms with Gasteiger partial charge in [0.25, 0.3) is 5.69 Å². The summed E-state index contributed by atoms with van der Waals surface area (Å²) in [5.41, 5.74) is 2.57. The van der Waals surface area contributed by atoms with Crippen molar-refractivity contribution in [3.05, 3.63) is 86.8 Å². The van der Waals surface area contributed by atoms with Crippen molar-refractivity contribution in [3.8, 4) is 17.4 Å². The van der Waals surface area contributed by atoms with Crippen LogP contribution in [0, 0.1) is 21.4 Å². The van der Waals surface area contributed by atoms with Crippen LogP contribution in [0.5, 0.6) is 0 Å². The summed E-state index contributed by atoms with van der Waals surface area (Å²) in [6, 6.07) is 18.0. The van der Waals surface area contributed by atoms with E-state index in [9.17, 15) is 15.4 Å². The van der Waals surface area contributed by atoms with E-state index in [2.05, 4.69) is 27.0 Å². The number of para-hydroxylation sites is 2. The minimum Gasteiger partial charge on any atom is -0.456 e. The van der Waals surface area contributed by atoms with Gasteiger partial charge in [0.1, 0.15) is 11.5 Å². The van der Waals surface area contributed by atoms with Crippen LogP contribution in [0.2, 0.25) is 0 Å². The van der Waals surface area contributed by atoms with Crippen molar-refractivity contribution in [2.45, 2.75) is 6.54 Å². The Labute approximate surface area is 173 Å². The Bertz CT molecular complexity index is 1300. The van der Waals surface area contributed by atoms with Crippen LogP contribution in [0.1, 0.15) is 5.76 Å². The maximum absolute atomic E-state index is 11.3. The van der Waals surface area contributed by atoms with Gasteiger partial charge < -0.3 is 8.98 Å². The third kappa shape index (κ3) is 3.81. The highest BCUT2D eigenvalue weighted by Crippen LogP contribution is 2.33. The fourth-order valence-electron chi connectivity index (χ4n) is 3.04. The van der Waals surface area contributed by atoms with Gasteiger partial charge in [-0.2, -0.15) is 5.26 Å². The lowest BCUT2D eigenvalue weighted by Gasteiger charge is -2.03. The number of nitro groups is 1. The number of nitrogens with zero attached hydrogens (tertiary/aromatic N) is 4. The molecule has 0 saturated carbocycles. The molecule has 0 saturated heterocycles. The Morgan fingerprint density at radius 3 is 2.90 bits per heavy atom. The maximum Gasteiger partial charge on any atom is 0.281 e. The summed E-state index contributed by atoms with van der Waals surface area (Å²) < 4.78 is 8.26. The summed E-state index contributed by atoms with van der Waals surface area (Å²) in [4.78, 5) is 15.2. The van der Waals surface area contributed by atoms with Gasteiger partial charge in [-0.15, -0.1) is 0 Å². The quantitative estimate of drug-likeness (QED) is 0.225. The van der Waals surface area contributed by atoms with E-state index < -0.39 is 4.92 Å². The molecule has 29 heavy (non-hydrogen) atoms. The average Bonchev–Trinajstić information content (AvgIpc) is 3.35. The minimum atomic E-state index is -0.455. The monoisotopic (exact) mass is 448 g/mol. The zero-order chi connectivity index (χ0) is 20.4. The van der Waals surface area contributed by atoms with E-state index in [1.807, 2.05) is 28.8 Å². The molecule has 2 heterocycles. The summed E-state index contributed by atoms with van der Waals surface area (Å²) in [6.45, 7) is 0.339. The first-order valence-electron chi connectivity index (χ1n) is 8.60. The van der Waals surface area contributed by atoms with Crippen LogP contribution in [-0.4, -0.2) is 14.5 Å². The first-order chi connectivity index (χ1) is 14.0. The van der Waals surface area contributed by atoms with E-state index in [1.54, 1.807) is 36.7 Å². The van der Waals surface area contributed by atoms with Gasteiger partial charge in [0.05, 0.1) is 46.0 Å². The second-order valence-electron chi connectivity index (χ2n) is 6.26. The molecule has 2 aromatic carbocycles. The standard InChI is InChI=1S/C21H13BrN4O3/c22-15-5-7-17(20(10-15)26(27)28)21-8-6-16(29-21)9-14(11-23)12-25-13-24-18-3-1-2-4-19(18)25/h1-10,13H,12H2/b14-9-. The average molecular weight is 449 g/mol. The second-order valence-corrected chi connectivity index (χ2v) is 7.18. The van der Waals surface area contributed by atoms with E-state index in [1.165, 1.54) is 6.07 Å². The van der Waals surface area contributed by atoms with Crippen LogP contribution < -0.4 is 0 Å². The van der Waals surface area contributed by atoms with Crippen LogP contribution in [0.25, 0.3) is 28.4 Å². The lowest BCUT2D eigenvalue weighted by atomic mass is 10.1. The molecular weight excluding hydrogens is 436 g/mol. The minimum absolute atomic E-state index is 0.0605. The molecule has 8 heteroatoms. The first-order valence-corrected chi connectivity index (χ1v) is 9.39. The molecule has 0 bridgehead atoms. The number of aromatic nitrogens is 2. The number of imidazole rings is 1. The van der Waals surface area contributed by atoms with E-state index in [4.69, 9.17) is 4.42 Å². The number of benzene rings is 2. The lowest BCUT2D eigenvalue weighted by Crippen LogP contribution is -1.98. The number of halogens is 1. The lowest BCUT2D eigenvalue weighted by molar-refractivity contribution is -0.384. The number of nitriles is 1. The fourth-order valence-corrected chi connectivity index (χ4v) is 3.39. The number of hydrogen-bond acceptors (Lipinski definition) is 5. The largest absolute Gasteiger partial charge is 0.456 e. The van der Waals surface area contributed by atoms with Crippen molar-refractivity contribution >= 4 is 38.7 Å². The molecule has 0 unspecified atom stereocenters. The van der Waals surface area contributed by atoms with Crippen molar-refractivity contribution in [3.63, 3.8) is 0 Å². The van der Waals surface area contributed by atoms with Crippen molar-refractivity contribution in [2.75, 3.05) is 0 Å². The van der Waals surface area contributed by atoms with Gasteiger partial charge in [-0.3, -0.25) is 10.1 Å². The molecular formula is C21H13BrN4O3. The van der Waals surface area contributed by atoms with E-state index in [-0.39, 0.29) is 5.69 Å². The molecule has 0 N–H and O–H groups in total. The maximum atomic E-state index is 11.3. The highest BCUT2D eigenvalue weighted by atomic mass is 79.9. The highest BCUT2D eigenvalue weighted by Gasteiger charge is 2.18. The molecule has 0 radical (unpaired) electrons. The van der Waals surface area contributed by atoms with E-state index in [0.29, 0.717) is 33.7 Å². The van der Waals surface area contributed by atoms with Gasteiger partial charge in [0.15, 0.2) is 0 Å². The molecule has 0 amide bonds. The third-order valence-corrected chi connectivity index (χ3v) is 4.87. The molecule has 0 aliphatic heterocycles. The Morgan fingerprint density at radius 1 is 1.28 bits per heavy atom. The van der Waals surface area contributed by atoms with Crippen LogP contribution >= 0.6 is 15.9 Å². The number of rotatable bonds is 5. The summed E-state index contributed by atoms with van der Waals surface area (Å²) in [5.74, 6) is 0.805. The number of furan rings is 1. The van der Waals surface area contributed by atoms with Crippen LogP contribution in [0.3, 0.4) is 0 Å². The predicted molar refractivity (Wildman–Crippen MR) is 112 cm³/mol. The van der Waals surface area contributed by atoms with Crippen molar-refractivity contribution in [1.29, 1.82) is 5.26 Å². The number of allylic oxidation sites excluding steroid dienone is 1. The Kier molecular flexibility index (Phi) is 4.97. The highest BCUT2D eigenvalue weighted by molar-refractivity contribution is 9.10. The van der Waals surface area contributed by atoms with Gasteiger partial charge in [-0.25, -0.2) is 4.98 Å². The molecule has 0 fully saturated rings. The SMILES string of the molecule is N#C/C(=C/c1ccc(-c2ccc(Br)cc2[N+](=O)[O-])o1)Cn1cnc2ccccc21. The first kappa shape index (κ1) is 18.7. The van der Waals surface area contributed by atoms with Gasteiger partial charge in [0, 0.05) is 10.5 Å². The van der Waals surface area contributed by atoms with Gasteiger partial charge in [-0.05, 0) is 42.5 Å². The molecule has 4 rings (SSSR count). The molecule has 2 aromatic heterocycles. The van der Waals surface area contributed by atoms with Crippen molar-refractivity contribution in [2.24, 2.45) is 0 Å². The molecule has 0 aliphatic carbocycles. The molecule has 7 nitrogen and oxygen atoms in total. The predicted octanol–water partition coefficient (Wildman–Crippen LogP) is 5.57. The van der Waals surface area contributed by atoms with Crippen molar-refractivity contribution in [1.82, 2.24) is 9.55 Å². The summed E-state index contributed by atoms with van der Waals surface area (Å²) in [7, 11) is 0. The summed E-state index contributed by atoms with van der Waals surface area (Å²) in [6.07, 6.45) is 3.32. The second kappa shape index (κ2) is 7.73. The Morgan fingerprint density at radius 2 is 2.10 bits per heavy atom. The molecule has 0 atom stereocenters. The van der Waals surface area contributed by atoms with Gasteiger partial charge in [-0.1, -0.05) is 28.1 Å². The normalized spacial score (nSPS) is 11.5. The topological polar surface area (TPSA) is 97.9 Å². The van der Waals surface area contributed by atoms with Crippen molar-refractivity contribution < 1.29 is 9.34 Å². The molecule has 0 spiro atoms. The zero-order valence-electron chi connectivity index (χ0n) is 14.9. The fraction of sp³-hybridized carbons (Fsp3) is 0.0476. The number of nitro benzene ring substituents is 1. The van der Waals surface area contributed by atoms with Crippen LogP contribution in [0.4, 0.5) is 5.69 Å². The third-order valence-electron chi connectivity index (χ3n) is 4.38. The van der Waals surface area contributed by atoms with E-state index >= 15 is 0 Å². The van der Waals surface area contributed by atoms with Crippen LogP contribution in [0.15, 0.2) is 75.4 Å². The zero-order valence-corrected chi connectivity index (χ0v) is 16.5.